The summed E-state index contributed by atoms with van der Waals surface area (Å²) in [5.74, 6) is 0.366. The number of halogens is 1. The molecule has 1 aliphatic heterocycles. The van der Waals surface area contributed by atoms with Crippen LogP contribution in [0.25, 0.3) is 0 Å². The largest absolute Gasteiger partial charge is 0.384 e. The van der Waals surface area contributed by atoms with Crippen LogP contribution < -0.4 is 11.3 Å². The average molecular weight is 384 g/mol. The monoisotopic (exact) mass is 383 g/mol. The number of pyridine rings is 1. The molecule has 10 heteroatoms. The highest BCUT2D eigenvalue weighted by Crippen LogP contribution is 2.29. The van der Waals surface area contributed by atoms with Crippen LogP contribution in [0.4, 0.5) is 5.82 Å². The molecule has 134 valence electrons. The molecule has 1 atom stereocenters. The van der Waals surface area contributed by atoms with Gasteiger partial charge in [0.2, 0.25) is 0 Å². The molecule has 0 amide bonds. The molecular formula is C15H18ClN5O3S. The van der Waals surface area contributed by atoms with E-state index in [1.165, 1.54) is 17.0 Å². The van der Waals surface area contributed by atoms with Crippen molar-refractivity contribution in [3.05, 3.63) is 44.5 Å². The van der Waals surface area contributed by atoms with Crippen molar-refractivity contribution in [3.8, 4) is 0 Å². The van der Waals surface area contributed by atoms with Gasteiger partial charge in [-0.15, -0.1) is 0 Å². The van der Waals surface area contributed by atoms with Gasteiger partial charge in [0.1, 0.15) is 11.0 Å². The van der Waals surface area contributed by atoms with Gasteiger partial charge in [0.25, 0.3) is 5.56 Å². The van der Waals surface area contributed by atoms with Gasteiger partial charge >= 0.3 is 0 Å². The zero-order valence-electron chi connectivity index (χ0n) is 13.8. The number of nitrogens with zero attached hydrogens (tertiary/aromatic N) is 4. The fraction of sp³-hybridized carbons (Fsp3) is 0.400. The Hall–Kier alpha value is -2.13. The lowest BCUT2D eigenvalue weighted by Gasteiger charge is -2.09. The number of aromatic nitrogens is 3. The molecule has 0 unspecified atom stereocenters. The van der Waals surface area contributed by atoms with Crippen LogP contribution in [0.2, 0.25) is 5.15 Å². The van der Waals surface area contributed by atoms with E-state index in [4.69, 9.17) is 17.3 Å². The third-order valence-corrected chi connectivity index (χ3v) is 6.23. The molecule has 2 aromatic rings. The summed E-state index contributed by atoms with van der Waals surface area (Å²) in [4.78, 5) is 12.0. The summed E-state index contributed by atoms with van der Waals surface area (Å²) in [5, 5.41) is 8.74. The lowest BCUT2D eigenvalue weighted by molar-refractivity contribution is 0.497. The smallest absolute Gasteiger partial charge is 0.273 e. The Morgan fingerprint density at radius 3 is 2.72 bits per heavy atom. The fourth-order valence-electron chi connectivity index (χ4n) is 2.85. The van der Waals surface area contributed by atoms with Crippen LogP contribution in [0.5, 0.6) is 0 Å². The zero-order valence-corrected chi connectivity index (χ0v) is 15.4. The minimum absolute atomic E-state index is 0.0226. The van der Waals surface area contributed by atoms with E-state index in [0.717, 1.165) is 10.2 Å². The predicted molar refractivity (Wildman–Crippen MR) is 97.1 cm³/mol. The highest BCUT2D eigenvalue weighted by atomic mass is 35.5. The van der Waals surface area contributed by atoms with Gasteiger partial charge in [0, 0.05) is 6.07 Å². The third-order valence-electron chi connectivity index (χ3n) is 4.11. The van der Waals surface area contributed by atoms with Crippen LogP contribution in [0, 0.1) is 13.8 Å². The molecule has 0 aliphatic carbocycles. The summed E-state index contributed by atoms with van der Waals surface area (Å²) in [7, 11) is -3.05. The molecule has 8 nitrogen and oxygen atoms in total. The van der Waals surface area contributed by atoms with Gasteiger partial charge in [-0.2, -0.15) is 14.9 Å². The first-order chi connectivity index (χ1) is 11.7. The van der Waals surface area contributed by atoms with Crippen molar-refractivity contribution in [1.82, 2.24) is 14.5 Å². The van der Waals surface area contributed by atoms with Crippen molar-refractivity contribution in [3.63, 3.8) is 0 Å². The molecule has 0 aromatic carbocycles. The van der Waals surface area contributed by atoms with Gasteiger partial charge in [0.15, 0.2) is 9.84 Å². The first-order valence-corrected chi connectivity index (χ1v) is 9.86. The maximum absolute atomic E-state index is 12.0. The van der Waals surface area contributed by atoms with Crippen LogP contribution >= 0.6 is 11.6 Å². The Balaban J connectivity index is 1.96. The van der Waals surface area contributed by atoms with E-state index in [2.05, 4.69) is 10.2 Å². The van der Waals surface area contributed by atoms with E-state index < -0.39 is 9.84 Å². The zero-order chi connectivity index (χ0) is 18.4. The first kappa shape index (κ1) is 17.7. The minimum Gasteiger partial charge on any atom is -0.384 e. The molecule has 0 bridgehead atoms. The second-order valence-electron chi connectivity index (χ2n) is 6.14. The summed E-state index contributed by atoms with van der Waals surface area (Å²) < 4.78 is 25.9. The van der Waals surface area contributed by atoms with Crippen LogP contribution in [-0.4, -0.2) is 40.6 Å². The van der Waals surface area contributed by atoms with Crippen LogP contribution in [0.15, 0.2) is 22.0 Å². The third kappa shape index (κ3) is 3.47. The van der Waals surface area contributed by atoms with Crippen molar-refractivity contribution in [2.45, 2.75) is 26.3 Å². The second-order valence-corrected chi connectivity index (χ2v) is 8.73. The number of nitrogen functional groups attached to an aromatic ring is 1. The topological polar surface area (TPSA) is 112 Å². The summed E-state index contributed by atoms with van der Waals surface area (Å²) in [6.07, 6.45) is 1.89. The Bertz CT molecular complexity index is 1020. The number of anilines is 1. The number of hydrogen-bond acceptors (Lipinski definition) is 6. The lowest BCUT2D eigenvalue weighted by Crippen LogP contribution is -2.19. The van der Waals surface area contributed by atoms with E-state index in [-0.39, 0.29) is 28.9 Å². The van der Waals surface area contributed by atoms with Crippen molar-refractivity contribution in [2.24, 2.45) is 5.10 Å². The molecule has 1 fully saturated rings. The maximum Gasteiger partial charge on any atom is 0.273 e. The molecule has 1 aliphatic rings. The number of aryl methyl sites for hydroxylation is 2. The normalized spacial score (nSPS) is 19.7. The van der Waals surface area contributed by atoms with E-state index in [1.807, 2.05) is 0 Å². The van der Waals surface area contributed by atoms with Crippen LogP contribution in [-0.2, 0) is 9.84 Å². The van der Waals surface area contributed by atoms with E-state index in [0.29, 0.717) is 22.8 Å². The summed E-state index contributed by atoms with van der Waals surface area (Å²) in [5.41, 5.74) is 7.34. The highest BCUT2D eigenvalue weighted by Gasteiger charge is 2.31. The van der Waals surface area contributed by atoms with Crippen LogP contribution in [0.3, 0.4) is 0 Å². The molecule has 2 aromatic heterocycles. The molecule has 3 rings (SSSR count). The van der Waals surface area contributed by atoms with Gasteiger partial charge in [-0.3, -0.25) is 4.79 Å². The van der Waals surface area contributed by atoms with Crippen molar-refractivity contribution in [1.29, 1.82) is 0 Å². The number of hydrogen-bond donors (Lipinski definition) is 1. The van der Waals surface area contributed by atoms with Gasteiger partial charge < -0.3 is 5.73 Å². The highest BCUT2D eigenvalue weighted by molar-refractivity contribution is 7.91. The standard InChI is InChI=1S/C15H18ClN5O3S/c1-9-5-13(17)21(14(22)6-9)18-7-12-10(2)19-20(15(12)16)11-3-4-25(23,24)8-11/h5-7,11H,3-4,8,17H2,1-2H3/b18-7-/t11-/m1/s1. The lowest BCUT2D eigenvalue weighted by atomic mass is 10.2. The maximum atomic E-state index is 12.0. The second kappa shape index (κ2) is 6.30. The molecular weight excluding hydrogens is 366 g/mol. The average Bonchev–Trinajstić information content (AvgIpc) is 2.99. The molecule has 0 spiro atoms. The Morgan fingerprint density at radius 2 is 2.12 bits per heavy atom. The Labute approximate surface area is 149 Å². The Morgan fingerprint density at radius 1 is 1.40 bits per heavy atom. The molecule has 0 saturated carbocycles. The van der Waals surface area contributed by atoms with Gasteiger partial charge in [-0.25, -0.2) is 13.1 Å². The number of sulfone groups is 1. The molecule has 2 N–H and O–H groups in total. The summed E-state index contributed by atoms with van der Waals surface area (Å²) >= 11 is 6.37. The molecule has 3 heterocycles. The summed E-state index contributed by atoms with van der Waals surface area (Å²) in [6.45, 7) is 3.51. The molecule has 0 radical (unpaired) electrons. The summed E-state index contributed by atoms with van der Waals surface area (Å²) in [6, 6.07) is 2.78. The Kier molecular flexibility index (Phi) is 4.46. The van der Waals surface area contributed by atoms with Crippen molar-refractivity contribution < 1.29 is 8.42 Å². The van der Waals surface area contributed by atoms with Gasteiger partial charge in [0.05, 0.1) is 35.0 Å². The molecule has 1 saturated heterocycles. The van der Waals surface area contributed by atoms with Gasteiger partial charge in [-0.05, 0) is 31.9 Å². The van der Waals surface area contributed by atoms with Crippen molar-refractivity contribution in [2.75, 3.05) is 17.2 Å². The number of rotatable bonds is 3. The minimum atomic E-state index is -3.05. The predicted octanol–water partition coefficient (Wildman–Crippen LogP) is 1.14. The van der Waals surface area contributed by atoms with E-state index in [9.17, 15) is 13.2 Å². The first-order valence-electron chi connectivity index (χ1n) is 7.66. The quantitative estimate of drug-likeness (QED) is 0.798. The fourth-order valence-corrected chi connectivity index (χ4v) is 4.90. The van der Waals surface area contributed by atoms with Gasteiger partial charge in [-0.1, -0.05) is 11.6 Å². The van der Waals surface area contributed by atoms with E-state index in [1.54, 1.807) is 19.9 Å². The van der Waals surface area contributed by atoms with Crippen molar-refractivity contribution >= 4 is 33.5 Å². The van der Waals surface area contributed by atoms with E-state index >= 15 is 0 Å². The number of nitrogens with two attached hydrogens (primary N) is 1. The van der Waals surface area contributed by atoms with Crippen LogP contribution in [0.1, 0.15) is 29.3 Å². The SMILES string of the molecule is Cc1cc(N)n(/N=C\c2c(C)nn([C@@H]3CCS(=O)(=O)C3)c2Cl)c(=O)c1. The molecule has 25 heavy (non-hydrogen) atoms.